The fourth-order valence-electron chi connectivity index (χ4n) is 6.72. The number of rotatable bonds is 6. The number of nitrogens with one attached hydrogen (secondary N) is 1. The monoisotopic (exact) mass is 629 g/mol. The van der Waals surface area contributed by atoms with Crippen LogP contribution >= 0.6 is 0 Å². The third kappa shape index (κ3) is 5.64. The van der Waals surface area contributed by atoms with Crippen LogP contribution in [0.2, 0.25) is 0 Å². The summed E-state index contributed by atoms with van der Waals surface area (Å²) in [4.78, 5) is 25.0. The number of hydrogen-bond donors (Lipinski definition) is 3. The minimum absolute atomic E-state index is 0.00887. The standard InChI is InChI=1S/C31H35N9O4S/c1-38-12-14-39(15-13-38)22-7-9-23(10-8-22)40-31-27(29(32)33-18-34-31)28(36-40)20-3-5-21(6-4-20)35-30-24-11-2-19(17-26(41)42)16-25(24)45(43,44)37-30/h2-6,11,16,18,22-23H,7-10,12-15,17H2,1H3,(H,35,37)(H,41,42)(H2,32,33,34)/t22-,23-. The number of sulfonamides is 1. The maximum atomic E-state index is 12.7. The minimum Gasteiger partial charge on any atom is -0.481 e. The molecule has 1 saturated heterocycles. The van der Waals surface area contributed by atoms with Gasteiger partial charge in [-0.05, 0) is 62.6 Å². The van der Waals surface area contributed by atoms with Crippen molar-refractivity contribution in [3.63, 3.8) is 0 Å². The van der Waals surface area contributed by atoms with Gasteiger partial charge in [-0.2, -0.15) is 13.5 Å². The van der Waals surface area contributed by atoms with E-state index in [-0.39, 0.29) is 23.2 Å². The number of nitrogens with zero attached hydrogens (tertiary/aromatic N) is 7. The highest BCUT2D eigenvalue weighted by Crippen LogP contribution is 2.37. The van der Waals surface area contributed by atoms with Gasteiger partial charge in [-0.3, -0.25) is 9.69 Å². The summed E-state index contributed by atoms with van der Waals surface area (Å²) in [6.45, 7) is 4.48. The lowest BCUT2D eigenvalue weighted by Gasteiger charge is -2.41. The zero-order valence-corrected chi connectivity index (χ0v) is 25.7. The van der Waals surface area contributed by atoms with Crippen molar-refractivity contribution in [2.75, 3.05) is 44.3 Å². The summed E-state index contributed by atoms with van der Waals surface area (Å²) in [7, 11) is -1.76. The van der Waals surface area contributed by atoms with Crippen molar-refractivity contribution in [2.45, 2.75) is 49.1 Å². The van der Waals surface area contributed by atoms with Gasteiger partial charge in [-0.15, -0.1) is 4.40 Å². The zero-order valence-electron chi connectivity index (χ0n) is 24.9. The van der Waals surface area contributed by atoms with Crippen LogP contribution in [-0.2, 0) is 21.2 Å². The van der Waals surface area contributed by atoms with Gasteiger partial charge >= 0.3 is 5.97 Å². The van der Waals surface area contributed by atoms with Crippen LogP contribution in [0.4, 0.5) is 11.5 Å². The van der Waals surface area contributed by atoms with Gasteiger partial charge < -0.3 is 21.1 Å². The molecule has 0 spiro atoms. The van der Waals surface area contributed by atoms with E-state index in [2.05, 4.69) is 36.5 Å². The van der Waals surface area contributed by atoms with Gasteiger partial charge in [0.25, 0.3) is 10.0 Å². The van der Waals surface area contributed by atoms with E-state index < -0.39 is 16.0 Å². The molecule has 4 N–H and O–H groups in total. The number of nitrogen functional groups attached to an aromatic ring is 1. The lowest BCUT2D eigenvalue weighted by Crippen LogP contribution is -2.49. The Hall–Kier alpha value is -4.40. The highest BCUT2D eigenvalue weighted by Gasteiger charge is 2.32. The van der Waals surface area contributed by atoms with Crippen LogP contribution < -0.4 is 11.1 Å². The van der Waals surface area contributed by atoms with E-state index in [0.717, 1.165) is 68.5 Å². The lowest BCUT2D eigenvalue weighted by atomic mass is 9.90. The molecular formula is C31H35N9O4S. The number of amidine groups is 1. The Labute approximate surface area is 260 Å². The summed E-state index contributed by atoms with van der Waals surface area (Å²) in [5, 5.41) is 18.0. The average molecular weight is 630 g/mol. The van der Waals surface area contributed by atoms with Gasteiger partial charge in [0.1, 0.15) is 22.7 Å². The molecule has 0 radical (unpaired) electrons. The summed E-state index contributed by atoms with van der Waals surface area (Å²) in [5.74, 6) is -0.484. The van der Waals surface area contributed by atoms with E-state index in [4.69, 9.17) is 15.9 Å². The molecule has 14 heteroatoms. The number of nitrogens with two attached hydrogens (primary N) is 1. The van der Waals surface area contributed by atoms with Crippen molar-refractivity contribution in [1.82, 2.24) is 29.5 Å². The average Bonchev–Trinajstić information content (AvgIpc) is 3.53. The SMILES string of the molecule is CN1CCN([C@H]2CC[C@H](n3nc(-c4ccc(NC5=NS(=O)(=O)c6cc(CC(=O)O)ccc65)cc4)c4c(N)ncnc43)CC2)CC1. The quantitative estimate of drug-likeness (QED) is 0.286. The van der Waals surface area contributed by atoms with Crippen LogP contribution in [0.15, 0.2) is 58.1 Å². The number of fused-ring (bicyclic) bond motifs is 2. The predicted molar refractivity (Wildman–Crippen MR) is 171 cm³/mol. The van der Waals surface area contributed by atoms with Gasteiger partial charge in [0, 0.05) is 49.0 Å². The molecule has 2 fully saturated rings. The molecule has 4 heterocycles. The van der Waals surface area contributed by atoms with E-state index in [0.29, 0.717) is 34.4 Å². The summed E-state index contributed by atoms with van der Waals surface area (Å²) < 4.78 is 31.4. The molecule has 2 aromatic heterocycles. The molecule has 234 valence electrons. The first-order valence-electron chi connectivity index (χ1n) is 15.1. The number of carboxylic acid groups (broad SMARTS) is 1. The van der Waals surface area contributed by atoms with E-state index in [1.54, 1.807) is 12.1 Å². The molecule has 0 amide bonds. The summed E-state index contributed by atoms with van der Waals surface area (Å²) in [5.41, 5.74) is 10.1. The number of piperazine rings is 1. The van der Waals surface area contributed by atoms with Gasteiger partial charge in [0.2, 0.25) is 0 Å². The van der Waals surface area contributed by atoms with Gasteiger partial charge in [0.15, 0.2) is 11.5 Å². The number of anilines is 2. The molecule has 2 aromatic carbocycles. The van der Waals surface area contributed by atoms with Crippen LogP contribution in [0.5, 0.6) is 0 Å². The first-order chi connectivity index (χ1) is 21.7. The Bertz CT molecular complexity index is 1910. The smallest absolute Gasteiger partial charge is 0.307 e. The van der Waals surface area contributed by atoms with E-state index in [1.165, 1.54) is 12.4 Å². The topological polar surface area (TPSA) is 172 Å². The third-order valence-electron chi connectivity index (χ3n) is 9.15. The summed E-state index contributed by atoms with van der Waals surface area (Å²) in [6.07, 6.45) is 5.49. The molecule has 1 saturated carbocycles. The molecule has 7 rings (SSSR count). The minimum atomic E-state index is -3.95. The number of likely N-dealkylation sites (N-methyl/N-ethyl adjacent to an activating group) is 1. The maximum Gasteiger partial charge on any atom is 0.307 e. The lowest BCUT2D eigenvalue weighted by molar-refractivity contribution is -0.136. The van der Waals surface area contributed by atoms with Crippen molar-refractivity contribution in [2.24, 2.45) is 4.40 Å². The predicted octanol–water partition coefficient (Wildman–Crippen LogP) is 2.99. The fraction of sp³-hybridized carbons (Fsp3) is 0.387. The van der Waals surface area contributed by atoms with Crippen molar-refractivity contribution >= 4 is 44.4 Å². The number of aromatic nitrogens is 4. The van der Waals surface area contributed by atoms with Gasteiger partial charge in [-0.25, -0.2) is 14.6 Å². The second-order valence-corrected chi connectivity index (χ2v) is 13.6. The first-order valence-corrected chi connectivity index (χ1v) is 16.6. The van der Waals surface area contributed by atoms with Gasteiger partial charge in [-0.1, -0.05) is 18.2 Å². The molecule has 1 aliphatic carbocycles. The fourth-order valence-corrected chi connectivity index (χ4v) is 7.95. The molecular weight excluding hydrogens is 594 g/mol. The molecule has 45 heavy (non-hydrogen) atoms. The molecule has 4 aromatic rings. The van der Waals surface area contributed by atoms with Crippen LogP contribution in [0.25, 0.3) is 22.3 Å². The van der Waals surface area contributed by atoms with Crippen LogP contribution in [0.1, 0.15) is 42.9 Å². The van der Waals surface area contributed by atoms with Crippen LogP contribution in [0, 0.1) is 0 Å². The Kier molecular flexibility index (Phi) is 7.50. The second-order valence-electron chi connectivity index (χ2n) is 12.1. The number of carbonyl (C=O) groups is 1. The molecule has 3 aliphatic rings. The van der Waals surface area contributed by atoms with Crippen molar-refractivity contribution < 1.29 is 18.3 Å². The molecule has 0 bridgehead atoms. The molecule has 13 nitrogen and oxygen atoms in total. The van der Waals surface area contributed by atoms with Crippen molar-refractivity contribution in [1.29, 1.82) is 0 Å². The highest BCUT2D eigenvalue weighted by atomic mass is 32.2. The second kappa shape index (κ2) is 11.5. The largest absolute Gasteiger partial charge is 0.481 e. The van der Waals surface area contributed by atoms with Crippen LogP contribution in [-0.4, -0.2) is 94.1 Å². The molecule has 0 atom stereocenters. The highest BCUT2D eigenvalue weighted by molar-refractivity contribution is 7.90. The number of hydrogen-bond acceptors (Lipinski definition) is 10. The van der Waals surface area contributed by atoms with Gasteiger partial charge in [0.05, 0.1) is 17.8 Å². The van der Waals surface area contributed by atoms with Crippen molar-refractivity contribution in [3.8, 4) is 11.3 Å². The number of benzene rings is 2. The van der Waals surface area contributed by atoms with E-state index in [9.17, 15) is 13.2 Å². The first kappa shape index (κ1) is 29.3. The van der Waals surface area contributed by atoms with Crippen molar-refractivity contribution in [3.05, 3.63) is 59.9 Å². The third-order valence-corrected chi connectivity index (χ3v) is 10.5. The number of carboxylic acids is 1. The summed E-state index contributed by atoms with van der Waals surface area (Å²) in [6, 6.07) is 12.8. The Morgan fingerprint density at radius 2 is 1.71 bits per heavy atom. The normalized spacial score (nSPS) is 21.8. The summed E-state index contributed by atoms with van der Waals surface area (Å²) >= 11 is 0. The number of aliphatic carboxylic acids is 1. The zero-order chi connectivity index (χ0) is 31.3. The van der Waals surface area contributed by atoms with E-state index >= 15 is 0 Å². The maximum absolute atomic E-state index is 12.7. The van der Waals surface area contributed by atoms with Crippen LogP contribution in [0.3, 0.4) is 0 Å². The Morgan fingerprint density at radius 1 is 1.00 bits per heavy atom. The molecule has 0 unspecified atom stereocenters. The van der Waals surface area contributed by atoms with E-state index in [1.807, 2.05) is 28.9 Å². The Balaban J connectivity index is 1.11. The Morgan fingerprint density at radius 3 is 2.42 bits per heavy atom. The molecule has 2 aliphatic heterocycles.